The van der Waals surface area contributed by atoms with Crippen molar-refractivity contribution in [2.75, 3.05) is 6.61 Å². The molecule has 2 aliphatic rings. The highest BCUT2D eigenvalue weighted by atomic mass is 16.5. The van der Waals surface area contributed by atoms with Crippen molar-refractivity contribution in [1.29, 1.82) is 0 Å². The zero-order valence-corrected chi connectivity index (χ0v) is 18.0. The lowest BCUT2D eigenvalue weighted by Gasteiger charge is -2.32. The molecule has 2 aromatic rings. The standard InChI is InChI=1S/C24H32N3O2/c1-6-20-21(17-12-15(2)11-16(3)13-17)25-26-22(20)29-14-24(4,5)23(28)27-18-7-8-19(27)10-9-18/h11-13,18-19H,1,6-10,14H2,2-5H3,(H,25,26). The molecule has 2 aliphatic heterocycles. The van der Waals surface area contributed by atoms with Crippen LogP contribution >= 0.6 is 0 Å². The number of rotatable bonds is 6. The fraction of sp³-hybridized carbons (Fsp3) is 0.542. The minimum absolute atomic E-state index is 0.212. The predicted octanol–water partition coefficient (Wildman–Crippen LogP) is 4.63. The molecule has 1 aromatic carbocycles. The van der Waals surface area contributed by atoms with Gasteiger partial charge in [0.15, 0.2) is 0 Å². The van der Waals surface area contributed by atoms with Crippen LogP contribution in [0.3, 0.4) is 0 Å². The maximum Gasteiger partial charge on any atom is 0.236 e. The van der Waals surface area contributed by atoms with Crippen molar-refractivity contribution in [1.82, 2.24) is 15.1 Å². The number of hydrogen-bond donors (Lipinski definition) is 1. The van der Waals surface area contributed by atoms with Crippen LogP contribution in [0.25, 0.3) is 11.3 Å². The molecule has 0 atom stereocenters. The smallest absolute Gasteiger partial charge is 0.236 e. The van der Waals surface area contributed by atoms with Crippen molar-refractivity contribution in [2.24, 2.45) is 5.41 Å². The quantitative estimate of drug-likeness (QED) is 0.777. The number of ether oxygens (including phenoxy) is 1. The van der Waals surface area contributed by atoms with Gasteiger partial charge < -0.3 is 9.64 Å². The van der Waals surface area contributed by atoms with E-state index in [9.17, 15) is 4.79 Å². The fourth-order valence-electron chi connectivity index (χ4n) is 4.96. The molecule has 0 saturated carbocycles. The average molecular weight is 395 g/mol. The van der Waals surface area contributed by atoms with Gasteiger partial charge in [0.05, 0.1) is 11.1 Å². The van der Waals surface area contributed by atoms with Gasteiger partial charge in [0.25, 0.3) is 0 Å². The summed E-state index contributed by atoms with van der Waals surface area (Å²) in [6, 6.07) is 7.30. The lowest BCUT2D eigenvalue weighted by Crippen LogP contribution is -2.46. The lowest BCUT2D eigenvalue weighted by atomic mass is 9.92. The third kappa shape index (κ3) is 3.67. The molecular formula is C24H32N3O2. The summed E-state index contributed by atoms with van der Waals surface area (Å²) in [6.45, 7) is 12.5. The maximum atomic E-state index is 13.2. The van der Waals surface area contributed by atoms with Crippen molar-refractivity contribution < 1.29 is 9.53 Å². The fourth-order valence-corrected chi connectivity index (χ4v) is 4.96. The van der Waals surface area contributed by atoms with E-state index >= 15 is 0 Å². The van der Waals surface area contributed by atoms with E-state index in [1.165, 1.54) is 11.1 Å². The van der Waals surface area contributed by atoms with E-state index in [-0.39, 0.29) is 5.91 Å². The molecule has 5 heteroatoms. The Kier molecular flexibility index (Phi) is 5.18. The van der Waals surface area contributed by atoms with Gasteiger partial charge in [-0.25, -0.2) is 0 Å². The minimum atomic E-state index is -0.581. The van der Waals surface area contributed by atoms with Crippen LogP contribution in [-0.4, -0.2) is 39.7 Å². The molecular weight excluding hydrogens is 362 g/mol. The zero-order chi connectivity index (χ0) is 20.8. The second kappa shape index (κ2) is 7.51. The van der Waals surface area contributed by atoms with Crippen LogP contribution in [0.4, 0.5) is 0 Å². The van der Waals surface area contributed by atoms with Crippen LogP contribution in [0.5, 0.6) is 5.88 Å². The molecule has 1 aromatic heterocycles. The second-order valence-electron chi connectivity index (χ2n) is 9.36. The molecule has 0 spiro atoms. The number of nitrogens with one attached hydrogen (secondary N) is 1. The highest BCUT2D eigenvalue weighted by molar-refractivity contribution is 5.83. The molecule has 2 saturated heterocycles. The Morgan fingerprint density at radius 1 is 1.17 bits per heavy atom. The molecule has 1 radical (unpaired) electrons. The van der Waals surface area contributed by atoms with Crippen LogP contribution in [-0.2, 0) is 11.2 Å². The number of nitrogens with zero attached hydrogens (tertiary/aromatic N) is 2. The highest BCUT2D eigenvalue weighted by Crippen LogP contribution is 2.40. The SMILES string of the molecule is [CH2]Cc1c(OCC(C)(C)C(=O)N2C3CCC2CC3)n[nH]c1-c1cc(C)cc(C)c1. The third-order valence-corrected chi connectivity index (χ3v) is 6.43. The van der Waals surface area contributed by atoms with E-state index in [0.717, 1.165) is 42.5 Å². The van der Waals surface area contributed by atoms with Crippen molar-refractivity contribution in [2.45, 2.75) is 71.9 Å². The molecule has 3 heterocycles. The van der Waals surface area contributed by atoms with Crippen LogP contribution < -0.4 is 4.74 Å². The van der Waals surface area contributed by atoms with Gasteiger partial charge in [0, 0.05) is 23.2 Å². The number of aromatic amines is 1. The Labute approximate surface area is 173 Å². The van der Waals surface area contributed by atoms with Gasteiger partial charge in [0.2, 0.25) is 11.8 Å². The summed E-state index contributed by atoms with van der Waals surface area (Å²) in [4.78, 5) is 15.3. The van der Waals surface area contributed by atoms with Gasteiger partial charge in [-0.1, -0.05) is 17.2 Å². The van der Waals surface area contributed by atoms with Gasteiger partial charge in [0.1, 0.15) is 6.61 Å². The topological polar surface area (TPSA) is 58.2 Å². The minimum Gasteiger partial charge on any atom is -0.475 e. The molecule has 2 bridgehead atoms. The number of aryl methyl sites for hydroxylation is 2. The molecule has 5 nitrogen and oxygen atoms in total. The summed E-state index contributed by atoms with van der Waals surface area (Å²) in [5, 5.41) is 7.54. The number of fused-ring (bicyclic) bond motifs is 2. The summed E-state index contributed by atoms with van der Waals surface area (Å²) in [6.07, 6.45) is 5.17. The van der Waals surface area contributed by atoms with E-state index < -0.39 is 5.41 Å². The molecule has 0 aliphatic carbocycles. The number of carbonyl (C=O) groups excluding carboxylic acids is 1. The third-order valence-electron chi connectivity index (χ3n) is 6.43. The van der Waals surface area contributed by atoms with Gasteiger partial charge in [-0.3, -0.25) is 9.89 Å². The Hall–Kier alpha value is -2.30. The van der Waals surface area contributed by atoms with E-state index in [1.807, 2.05) is 13.8 Å². The molecule has 0 unspecified atom stereocenters. The monoisotopic (exact) mass is 394 g/mol. The summed E-state index contributed by atoms with van der Waals surface area (Å²) < 4.78 is 6.10. The van der Waals surface area contributed by atoms with Gasteiger partial charge >= 0.3 is 0 Å². The van der Waals surface area contributed by atoms with Crippen molar-refractivity contribution in [3.8, 4) is 17.1 Å². The zero-order valence-electron chi connectivity index (χ0n) is 18.0. The number of H-pyrrole nitrogens is 1. The molecule has 4 rings (SSSR count). The van der Waals surface area contributed by atoms with Crippen molar-refractivity contribution in [3.63, 3.8) is 0 Å². The Morgan fingerprint density at radius 3 is 2.31 bits per heavy atom. The van der Waals surface area contributed by atoms with Crippen molar-refractivity contribution in [3.05, 3.63) is 41.8 Å². The van der Waals surface area contributed by atoms with Gasteiger partial charge in [-0.05, 0) is 78.9 Å². The predicted molar refractivity (Wildman–Crippen MR) is 115 cm³/mol. The van der Waals surface area contributed by atoms with Crippen LogP contribution in [0.1, 0.15) is 56.2 Å². The van der Waals surface area contributed by atoms with Gasteiger partial charge in [-0.15, -0.1) is 5.10 Å². The summed E-state index contributed by atoms with van der Waals surface area (Å²) in [7, 11) is 0. The molecule has 155 valence electrons. The van der Waals surface area contributed by atoms with E-state index in [1.54, 1.807) is 0 Å². The first-order chi connectivity index (χ1) is 13.8. The molecule has 29 heavy (non-hydrogen) atoms. The van der Waals surface area contributed by atoms with E-state index in [0.29, 0.717) is 31.0 Å². The summed E-state index contributed by atoms with van der Waals surface area (Å²) in [5.74, 6) is 0.767. The van der Waals surface area contributed by atoms with E-state index in [4.69, 9.17) is 4.74 Å². The lowest BCUT2D eigenvalue weighted by molar-refractivity contribution is -0.143. The number of aromatic nitrogens is 2. The highest BCUT2D eigenvalue weighted by Gasteiger charge is 2.46. The van der Waals surface area contributed by atoms with Crippen molar-refractivity contribution >= 4 is 5.91 Å². The maximum absolute atomic E-state index is 13.2. The summed E-state index contributed by atoms with van der Waals surface area (Å²) in [5.41, 5.74) is 4.83. The number of hydrogen-bond acceptors (Lipinski definition) is 3. The summed E-state index contributed by atoms with van der Waals surface area (Å²) >= 11 is 0. The second-order valence-corrected chi connectivity index (χ2v) is 9.36. The van der Waals surface area contributed by atoms with Crippen LogP contribution in [0.2, 0.25) is 0 Å². The molecule has 1 amide bonds. The van der Waals surface area contributed by atoms with E-state index in [2.05, 4.69) is 54.1 Å². The Morgan fingerprint density at radius 2 is 1.76 bits per heavy atom. The van der Waals surface area contributed by atoms with Crippen LogP contribution in [0, 0.1) is 26.2 Å². The Bertz CT molecular complexity index is 875. The first-order valence-corrected chi connectivity index (χ1v) is 10.7. The normalized spacial score (nSPS) is 21.1. The number of amides is 1. The Balaban J connectivity index is 1.51. The van der Waals surface area contributed by atoms with Gasteiger partial charge in [-0.2, -0.15) is 0 Å². The number of benzene rings is 1. The molecule has 1 N–H and O–H groups in total. The first kappa shape index (κ1) is 20.0. The first-order valence-electron chi connectivity index (χ1n) is 10.7. The number of carbonyl (C=O) groups is 1. The van der Waals surface area contributed by atoms with Crippen LogP contribution in [0.15, 0.2) is 18.2 Å². The largest absolute Gasteiger partial charge is 0.475 e. The average Bonchev–Trinajstić information content (AvgIpc) is 3.38. The molecule has 2 fully saturated rings.